The highest BCUT2D eigenvalue weighted by atomic mass is 16.5. The highest BCUT2D eigenvalue weighted by Gasteiger charge is 2.18. The van der Waals surface area contributed by atoms with E-state index in [0.29, 0.717) is 11.3 Å². The molecule has 0 unspecified atom stereocenters. The zero-order chi connectivity index (χ0) is 15.2. The first-order valence-electron chi connectivity index (χ1n) is 6.55. The summed E-state index contributed by atoms with van der Waals surface area (Å²) in [6.45, 7) is 3.49. The van der Waals surface area contributed by atoms with Gasteiger partial charge in [-0.05, 0) is 38.1 Å². The summed E-state index contributed by atoms with van der Waals surface area (Å²) in [4.78, 5) is 27.6. The second-order valence-electron chi connectivity index (χ2n) is 4.64. The summed E-state index contributed by atoms with van der Waals surface area (Å²) in [5, 5.41) is 2.70. The number of hydrogen-bond acceptors (Lipinski definition) is 4. The van der Waals surface area contributed by atoms with Crippen molar-refractivity contribution in [1.82, 2.24) is 4.98 Å². The van der Waals surface area contributed by atoms with Crippen LogP contribution in [0.1, 0.15) is 22.8 Å². The number of carbonyl (C=O) groups excluding carboxylic acids is 2. The van der Waals surface area contributed by atoms with Crippen molar-refractivity contribution in [1.29, 1.82) is 0 Å². The van der Waals surface area contributed by atoms with E-state index in [9.17, 15) is 9.59 Å². The molecule has 0 bridgehead atoms. The topological polar surface area (TPSA) is 68.3 Å². The average Bonchev–Trinajstić information content (AvgIpc) is 2.50. The van der Waals surface area contributed by atoms with E-state index in [1.54, 1.807) is 12.1 Å². The molecule has 0 saturated heterocycles. The number of rotatable bonds is 4. The van der Waals surface area contributed by atoms with Crippen LogP contribution in [-0.4, -0.2) is 23.0 Å². The first-order chi connectivity index (χ1) is 10.1. The van der Waals surface area contributed by atoms with E-state index < -0.39 is 12.1 Å². The Bertz CT molecular complexity index is 624. The van der Waals surface area contributed by atoms with E-state index in [-0.39, 0.29) is 5.91 Å². The van der Waals surface area contributed by atoms with Gasteiger partial charge in [-0.15, -0.1) is 0 Å². The van der Waals surface area contributed by atoms with Crippen molar-refractivity contribution in [2.24, 2.45) is 0 Å². The third-order valence-corrected chi connectivity index (χ3v) is 2.89. The molecule has 1 N–H and O–H groups in total. The Labute approximate surface area is 123 Å². The molecular formula is C16H16N2O3. The molecule has 0 fully saturated rings. The third-order valence-electron chi connectivity index (χ3n) is 2.89. The number of esters is 1. The van der Waals surface area contributed by atoms with Gasteiger partial charge < -0.3 is 10.1 Å². The number of hydrogen-bond donors (Lipinski definition) is 1. The number of ether oxygens (including phenoxy) is 1. The number of nitrogens with one attached hydrogen (secondary N) is 1. The van der Waals surface area contributed by atoms with Crippen molar-refractivity contribution in [3.63, 3.8) is 0 Å². The Kier molecular flexibility index (Phi) is 4.66. The van der Waals surface area contributed by atoms with Crippen LogP contribution in [0.4, 0.5) is 5.69 Å². The molecule has 1 heterocycles. The van der Waals surface area contributed by atoms with Gasteiger partial charge in [0.25, 0.3) is 5.91 Å². The van der Waals surface area contributed by atoms with E-state index in [1.807, 2.05) is 19.1 Å². The van der Waals surface area contributed by atoms with E-state index in [2.05, 4.69) is 10.3 Å². The van der Waals surface area contributed by atoms with Gasteiger partial charge in [0.15, 0.2) is 6.10 Å². The van der Waals surface area contributed by atoms with Crippen LogP contribution in [0.2, 0.25) is 0 Å². The molecule has 108 valence electrons. The summed E-state index contributed by atoms with van der Waals surface area (Å²) in [6.07, 6.45) is 2.10. The first kappa shape index (κ1) is 14.7. The van der Waals surface area contributed by atoms with E-state index >= 15 is 0 Å². The van der Waals surface area contributed by atoms with Crippen LogP contribution in [0.15, 0.2) is 48.8 Å². The van der Waals surface area contributed by atoms with Crippen LogP contribution in [0, 0.1) is 6.92 Å². The normalized spacial score (nSPS) is 11.5. The van der Waals surface area contributed by atoms with Crippen LogP contribution >= 0.6 is 0 Å². The van der Waals surface area contributed by atoms with Crippen LogP contribution in [-0.2, 0) is 9.53 Å². The first-order valence-corrected chi connectivity index (χ1v) is 6.55. The molecular weight excluding hydrogens is 268 g/mol. The Hall–Kier alpha value is -2.69. The largest absolute Gasteiger partial charge is 0.449 e. The predicted molar refractivity (Wildman–Crippen MR) is 78.9 cm³/mol. The number of benzene rings is 1. The predicted octanol–water partition coefficient (Wildman–Crippen LogP) is 2.57. The average molecular weight is 284 g/mol. The lowest BCUT2D eigenvalue weighted by Gasteiger charge is -2.13. The summed E-state index contributed by atoms with van der Waals surface area (Å²) in [5.74, 6) is -0.926. The minimum Gasteiger partial charge on any atom is -0.449 e. The van der Waals surface area contributed by atoms with Crippen LogP contribution in [0.25, 0.3) is 0 Å². The second kappa shape index (κ2) is 6.65. The molecule has 2 rings (SSSR count). The molecule has 0 aliphatic rings. The summed E-state index contributed by atoms with van der Waals surface area (Å²) in [7, 11) is 0. The lowest BCUT2D eigenvalue weighted by atomic mass is 10.2. The fraction of sp³-hybridized carbons (Fsp3) is 0.188. The quantitative estimate of drug-likeness (QED) is 0.876. The van der Waals surface area contributed by atoms with Gasteiger partial charge in [-0.2, -0.15) is 0 Å². The van der Waals surface area contributed by atoms with Gasteiger partial charge >= 0.3 is 5.97 Å². The fourth-order valence-electron chi connectivity index (χ4n) is 1.65. The van der Waals surface area contributed by atoms with Gasteiger partial charge in [-0.3, -0.25) is 9.78 Å². The van der Waals surface area contributed by atoms with Gasteiger partial charge in [0.1, 0.15) is 0 Å². The maximum absolute atomic E-state index is 12.0. The molecule has 0 spiro atoms. The number of pyridine rings is 1. The molecule has 1 aromatic carbocycles. The summed E-state index contributed by atoms with van der Waals surface area (Å²) >= 11 is 0. The third kappa shape index (κ3) is 4.14. The van der Waals surface area contributed by atoms with Crippen molar-refractivity contribution in [3.8, 4) is 0 Å². The second-order valence-corrected chi connectivity index (χ2v) is 4.64. The molecule has 21 heavy (non-hydrogen) atoms. The fourth-order valence-corrected chi connectivity index (χ4v) is 1.65. The van der Waals surface area contributed by atoms with Crippen molar-refractivity contribution in [2.45, 2.75) is 20.0 Å². The maximum Gasteiger partial charge on any atom is 0.339 e. The standard InChI is InChI=1S/C16H16N2O3/c1-11-3-5-14(6-4-11)18-15(19)12(2)21-16(20)13-7-9-17-10-8-13/h3-10,12H,1-2H3,(H,18,19)/t12-/m0/s1. The number of aryl methyl sites for hydroxylation is 1. The molecule has 5 heteroatoms. The number of aromatic nitrogens is 1. The van der Waals surface area contributed by atoms with Crippen molar-refractivity contribution in [3.05, 3.63) is 59.9 Å². The lowest BCUT2D eigenvalue weighted by molar-refractivity contribution is -0.123. The van der Waals surface area contributed by atoms with Gasteiger partial charge in [-0.25, -0.2) is 4.79 Å². The zero-order valence-corrected chi connectivity index (χ0v) is 11.9. The minimum atomic E-state index is -0.882. The smallest absolute Gasteiger partial charge is 0.339 e. The Morgan fingerprint density at radius 2 is 1.71 bits per heavy atom. The van der Waals surface area contributed by atoms with Crippen molar-refractivity contribution < 1.29 is 14.3 Å². The van der Waals surface area contributed by atoms with Crippen LogP contribution in [0.3, 0.4) is 0 Å². The van der Waals surface area contributed by atoms with E-state index in [0.717, 1.165) is 5.56 Å². The zero-order valence-electron chi connectivity index (χ0n) is 11.9. The van der Waals surface area contributed by atoms with E-state index in [1.165, 1.54) is 31.5 Å². The molecule has 0 aliphatic heterocycles. The number of amides is 1. The Balaban J connectivity index is 1.93. The number of carbonyl (C=O) groups is 2. The highest BCUT2D eigenvalue weighted by Crippen LogP contribution is 2.10. The minimum absolute atomic E-state index is 0.361. The van der Waals surface area contributed by atoms with Crippen molar-refractivity contribution in [2.75, 3.05) is 5.32 Å². The number of nitrogens with zero attached hydrogens (tertiary/aromatic N) is 1. The van der Waals surface area contributed by atoms with Gasteiger partial charge in [0, 0.05) is 18.1 Å². The van der Waals surface area contributed by atoms with Gasteiger partial charge in [0.2, 0.25) is 0 Å². The SMILES string of the molecule is Cc1ccc(NC(=O)[C@H](C)OC(=O)c2ccncc2)cc1. The van der Waals surface area contributed by atoms with Crippen LogP contribution < -0.4 is 5.32 Å². The monoisotopic (exact) mass is 284 g/mol. The van der Waals surface area contributed by atoms with Crippen molar-refractivity contribution >= 4 is 17.6 Å². The molecule has 1 atom stereocenters. The van der Waals surface area contributed by atoms with Crippen LogP contribution in [0.5, 0.6) is 0 Å². The molecule has 1 amide bonds. The molecule has 1 aromatic heterocycles. The molecule has 0 radical (unpaired) electrons. The molecule has 2 aromatic rings. The Morgan fingerprint density at radius 3 is 2.33 bits per heavy atom. The molecule has 5 nitrogen and oxygen atoms in total. The van der Waals surface area contributed by atoms with E-state index in [4.69, 9.17) is 4.74 Å². The Morgan fingerprint density at radius 1 is 1.10 bits per heavy atom. The lowest BCUT2D eigenvalue weighted by Crippen LogP contribution is -2.30. The van der Waals surface area contributed by atoms with Gasteiger partial charge in [0.05, 0.1) is 5.56 Å². The summed E-state index contributed by atoms with van der Waals surface area (Å²) in [6, 6.07) is 10.4. The molecule has 0 aliphatic carbocycles. The molecule has 0 saturated carbocycles. The maximum atomic E-state index is 12.0. The summed E-state index contributed by atoms with van der Waals surface area (Å²) in [5.41, 5.74) is 2.13. The summed E-state index contributed by atoms with van der Waals surface area (Å²) < 4.78 is 5.12. The highest BCUT2D eigenvalue weighted by molar-refractivity contribution is 5.97. The van der Waals surface area contributed by atoms with Gasteiger partial charge in [-0.1, -0.05) is 17.7 Å². The number of anilines is 1.